The number of rotatable bonds is 5. The molecule has 1 atom stereocenters. The van der Waals surface area contributed by atoms with Crippen LogP contribution in [0.2, 0.25) is 0 Å². The summed E-state index contributed by atoms with van der Waals surface area (Å²) < 4.78 is 5.57. The second-order valence-electron chi connectivity index (χ2n) is 5.69. The number of hydrogen-bond donors (Lipinski definition) is 1. The van der Waals surface area contributed by atoms with Crippen LogP contribution in [-0.2, 0) is 4.79 Å². The van der Waals surface area contributed by atoms with Gasteiger partial charge in [-0.2, -0.15) is 5.10 Å². The summed E-state index contributed by atoms with van der Waals surface area (Å²) in [5.41, 5.74) is 5.89. The van der Waals surface area contributed by atoms with Gasteiger partial charge in [0.1, 0.15) is 5.75 Å². The predicted molar refractivity (Wildman–Crippen MR) is 84.6 cm³/mol. The topological polar surface area (TPSA) is 50.7 Å². The molecule has 0 bridgehead atoms. The number of amides is 1. The predicted octanol–water partition coefficient (Wildman–Crippen LogP) is 3.36. The fourth-order valence-corrected chi connectivity index (χ4v) is 2.66. The van der Waals surface area contributed by atoms with Crippen LogP contribution in [0.4, 0.5) is 0 Å². The van der Waals surface area contributed by atoms with Gasteiger partial charge in [0, 0.05) is 5.71 Å². The largest absolute Gasteiger partial charge is 0.483 e. The van der Waals surface area contributed by atoms with Gasteiger partial charge in [0.15, 0.2) is 6.61 Å². The summed E-state index contributed by atoms with van der Waals surface area (Å²) in [4.78, 5) is 11.8. The molecule has 1 N–H and O–H groups in total. The van der Waals surface area contributed by atoms with E-state index in [4.69, 9.17) is 4.74 Å². The van der Waals surface area contributed by atoms with E-state index in [1.54, 1.807) is 0 Å². The van der Waals surface area contributed by atoms with Gasteiger partial charge in [-0.15, -0.1) is 0 Å². The summed E-state index contributed by atoms with van der Waals surface area (Å²) in [7, 11) is 0. The lowest BCUT2D eigenvalue weighted by Gasteiger charge is -2.10. The Morgan fingerprint density at radius 3 is 3.00 bits per heavy atom. The van der Waals surface area contributed by atoms with Crippen molar-refractivity contribution >= 4 is 11.6 Å². The van der Waals surface area contributed by atoms with E-state index in [1.807, 2.05) is 32.0 Å². The number of aryl methyl sites for hydroxylation is 2. The molecule has 1 fully saturated rings. The minimum absolute atomic E-state index is 0.00212. The van der Waals surface area contributed by atoms with Crippen molar-refractivity contribution in [3.05, 3.63) is 29.3 Å². The van der Waals surface area contributed by atoms with Crippen molar-refractivity contribution < 1.29 is 9.53 Å². The molecule has 1 aliphatic rings. The number of hydrazone groups is 1. The molecule has 1 aromatic rings. The molecule has 0 aliphatic heterocycles. The van der Waals surface area contributed by atoms with Crippen molar-refractivity contribution in [1.29, 1.82) is 0 Å². The van der Waals surface area contributed by atoms with E-state index in [-0.39, 0.29) is 12.5 Å². The molecule has 0 aromatic heterocycles. The third-order valence-electron chi connectivity index (χ3n) is 3.98. The first-order chi connectivity index (χ1) is 10.1. The van der Waals surface area contributed by atoms with E-state index in [2.05, 4.69) is 17.5 Å². The fourth-order valence-electron chi connectivity index (χ4n) is 2.66. The van der Waals surface area contributed by atoms with Crippen LogP contribution in [0.5, 0.6) is 5.75 Å². The van der Waals surface area contributed by atoms with E-state index in [9.17, 15) is 4.79 Å². The van der Waals surface area contributed by atoms with Crippen molar-refractivity contribution in [1.82, 2.24) is 5.43 Å². The normalized spacial score (nSPS) is 19.8. The molecule has 4 nitrogen and oxygen atoms in total. The van der Waals surface area contributed by atoms with Crippen LogP contribution in [0.25, 0.3) is 0 Å². The highest BCUT2D eigenvalue weighted by Crippen LogP contribution is 2.24. The molecule has 0 saturated heterocycles. The first-order valence-electron chi connectivity index (χ1n) is 7.65. The molecule has 0 spiro atoms. The minimum Gasteiger partial charge on any atom is -0.483 e. The summed E-state index contributed by atoms with van der Waals surface area (Å²) in [6.07, 6.45) is 4.45. The molecule has 114 valence electrons. The van der Waals surface area contributed by atoms with E-state index >= 15 is 0 Å². The zero-order valence-electron chi connectivity index (χ0n) is 13.1. The number of carbonyl (C=O) groups is 1. The average molecular weight is 288 g/mol. The Balaban J connectivity index is 1.85. The maximum absolute atomic E-state index is 11.8. The lowest BCUT2D eigenvalue weighted by molar-refractivity contribution is -0.123. The van der Waals surface area contributed by atoms with Crippen LogP contribution in [-0.4, -0.2) is 18.2 Å². The molecule has 21 heavy (non-hydrogen) atoms. The maximum atomic E-state index is 11.8. The third-order valence-corrected chi connectivity index (χ3v) is 3.98. The van der Waals surface area contributed by atoms with Crippen molar-refractivity contribution in [3.8, 4) is 5.75 Å². The Labute approximate surface area is 126 Å². The van der Waals surface area contributed by atoms with E-state index in [1.165, 1.54) is 12.8 Å². The standard InChI is InChI=1S/C17H24N2O2/c1-4-14-6-5-7-15(14)18-19-17(20)11-21-16-10-12(2)8-9-13(16)3/h8-10,14H,4-7,11H2,1-3H3,(H,19,20)/b18-15-. The van der Waals surface area contributed by atoms with E-state index in [0.717, 1.165) is 35.4 Å². The smallest absolute Gasteiger partial charge is 0.277 e. The highest BCUT2D eigenvalue weighted by molar-refractivity contribution is 5.89. The molecule has 1 saturated carbocycles. The molecule has 1 amide bonds. The fraction of sp³-hybridized carbons (Fsp3) is 0.529. The molecular weight excluding hydrogens is 264 g/mol. The second kappa shape index (κ2) is 7.25. The summed E-state index contributed by atoms with van der Waals surface area (Å²) >= 11 is 0. The van der Waals surface area contributed by atoms with Crippen LogP contribution >= 0.6 is 0 Å². The van der Waals surface area contributed by atoms with Gasteiger partial charge >= 0.3 is 0 Å². The highest BCUT2D eigenvalue weighted by atomic mass is 16.5. The van der Waals surface area contributed by atoms with Crippen molar-refractivity contribution in [2.75, 3.05) is 6.61 Å². The number of hydrogen-bond acceptors (Lipinski definition) is 3. The van der Waals surface area contributed by atoms with E-state index < -0.39 is 0 Å². The Morgan fingerprint density at radius 2 is 2.24 bits per heavy atom. The van der Waals surface area contributed by atoms with Gasteiger partial charge in [-0.25, -0.2) is 5.43 Å². The zero-order chi connectivity index (χ0) is 15.2. The van der Waals surface area contributed by atoms with Crippen LogP contribution in [0.1, 0.15) is 43.7 Å². The lowest BCUT2D eigenvalue weighted by atomic mass is 10.0. The van der Waals surface area contributed by atoms with Gasteiger partial charge in [-0.05, 0) is 62.6 Å². The first kappa shape index (κ1) is 15.5. The first-order valence-corrected chi connectivity index (χ1v) is 7.65. The van der Waals surface area contributed by atoms with Gasteiger partial charge < -0.3 is 4.74 Å². The van der Waals surface area contributed by atoms with Gasteiger partial charge in [-0.3, -0.25) is 4.79 Å². The van der Waals surface area contributed by atoms with Gasteiger partial charge in [0.2, 0.25) is 0 Å². The zero-order valence-corrected chi connectivity index (χ0v) is 13.1. The van der Waals surface area contributed by atoms with E-state index in [0.29, 0.717) is 5.92 Å². The Bertz CT molecular complexity index is 538. The van der Waals surface area contributed by atoms with Crippen molar-refractivity contribution in [2.45, 2.75) is 46.5 Å². The Morgan fingerprint density at radius 1 is 1.43 bits per heavy atom. The van der Waals surface area contributed by atoms with Gasteiger partial charge in [0.05, 0.1) is 0 Å². The second-order valence-corrected chi connectivity index (χ2v) is 5.69. The average Bonchev–Trinajstić information content (AvgIpc) is 2.93. The van der Waals surface area contributed by atoms with Crippen molar-refractivity contribution in [3.63, 3.8) is 0 Å². The van der Waals surface area contributed by atoms with Gasteiger partial charge in [0.25, 0.3) is 5.91 Å². The van der Waals surface area contributed by atoms with Crippen LogP contribution < -0.4 is 10.2 Å². The molecule has 1 unspecified atom stereocenters. The summed E-state index contributed by atoms with van der Waals surface area (Å²) in [5, 5.41) is 4.26. The Hall–Kier alpha value is -1.84. The van der Waals surface area contributed by atoms with Crippen LogP contribution in [0, 0.1) is 19.8 Å². The monoisotopic (exact) mass is 288 g/mol. The number of benzene rings is 1. The number of carbonyl (C=O) groups excluding carboxylic acids is 1. The van der Waals surface area contributed by atoms with Crippen LogP contribution in [0.3, 0.4) is 0 Å². The number of nitrogens with one attached hydrogen (secondary N) is 1. The molecule has 1 aliphatic carbocycles. The number of nitrogens with zero attached hydrogens (tertiary/aromatic N) is 1. The molecule has 2 rings (SSSR count). The van der Waals surface area contributed by atoms with Gasteiger partial charge in [-0.1, -0.05) is 19.1 Å². The quantitative estimate of drug-likeness (QED) is 0.845. The summed E-state index contributed by atoms with van der Waals surface area (Å²) in [6, 6.07) is 5.96. The molecule has 4 heteroatoms. The third kappa shape index (κ3) is 4.31. The summed E-state index contributed by atoms with van der Waals surface area (Å²) in [6.45, 7) is 6.13. The lowest BCUT2D eigenvalue weighted by Crippen LogP contribution is -2.26. The number of ether oxygens (including phenoxy) is 1. The molecule has 0 heterocycles. The molecular formula is C17H24N2O2. The maximum Gasteiger partial charge on any atom is 0.277 e. The Kier molecular flexibility index (Phi) is 5.37. The summed E-state index contributed by atoms with van der Waals surface area (Å²) in [5.74, 6) is 1.08. The minimum atomic E-state index is -0.204. The molecule has 0 radical (unpaired) electrons. The van der Waals surface area contributed by atoms with Crippen molar-refractivity contribution in [2.24, 2.45) is 11.0 Å². The SMILES string of the molecule is CCC1CCC/C1=N/NC(=O)COc1cc(C)ccc1C. The highest BCUT2D eigenvalue weighted by Gasteiger charge is 2.20. The van der Waals surface area contributed by atoms with Crippen LogP contribution in [0.15, 0.2) is 23.3 Å². The molecule has 1 aromatic carbocycles.